The van der Waals surface area contributed by atoms with Crippen molar-refractivity contribution in [2.75, 3.05) is 28.2 Å². The van der Waals surface area contributed by atoms with Crippen LogP contribution < -0.4 is 10.6 Å². The number of hydrogen-bond donors (Lipinski definition) is 2. The molecule has 86 valence electrons. The van der Waals surface area contributed by atoms with Gasteiger partial charge in [0, 0.05) is 39.7 Å². The van der Waals surface area contributed by atoms with Gasteiger partial charge in [-0.3, -0.25) is 0 Å². The normalized spacial score (nSPS) is 10.8. The van der Waals surface area contributed by atoms with E-state index in [1.807, 2.05) is 0 Å². The Morgan fingerprint density at radius 2 is 1.53 bits per heavy atom. The number of hydrogen-bond acceptors (Lipinski definition) is 2. The van der Waals surface area contributed by atoms with Crippen molar-refractivity contribution in [3.8, 4) is 0 Å². The lowest BCUT2D eigenvalue weighted by Crippen LogP contribution is -2.36. The molecule has 0 bridgehead atoms. The average Bonchev–Trinajstić information content (AvgIpc) is 2.13. The Balaban J connectivity index is 4.11. The van der Waals surface area contributed by atoms with Gasteiger partial charge in [0.1, 0.15) is 0 Å². The summed E-state index contributed by atoms with van der Waals surface area (Å²) >= 11 is 0. The minimum Gasteiger partial charge on any atom is -0.331 e. The Hall–Kier alpha value is -1.50. The van der Waals surface area contributed by atoms with Crippen molar-refractivity contribution in [3.63, 3.8) is 0 Å². The topological polar surface area (TPSA) is 64.7 Å². The molecule has 0 fully saturated rings. The van der Waals surface area contributed by atoms with Gasteiger partial charge in [-0.2, -0.15) is 0 Å². The summed E-state index contributed by atoms with van der Waals surface area (Å²) in [7, 11) is 7.26. The van der Waals surface area contributed by atoms with Gasteiger partial charge >= 0.3 is 12.1 Å². The standard InChI is InChI=1S/C8H18N4O2Si/c1-11(2)7(13)9-5-6(15)10-8(14)12(3)4/h5H,1-4,15H3,(H,9,13)(H,10,14). The monoisotopic (exact) mass is 230 g/mol. The number of carbonyl (C=O) groups excluding carboxylic acids is 2. The first-order valence-electron chi connectivity index (χ1n) is 4.47. The lowest BCUT2D eigenvalue weighted by atomic mass is 10.7. The molecule has 0 unspecified atom stereocenters. The highest BCUT2D eigenvalue weighted by Gasteiger charge is 2.03. The fraction of sp³-hybridized carbons (Fsp3) is 0.500. The van der Waals surface area contributed by atoms with Crippen LogP contribution in [0.3, 0.4) is 0 Å². The fourth-order valence-corrected chi connectivity index (χ4v) is 0.974. The zero-order valence-electron chi connectivity index (χ0n) is 9.79. The first-order chi connectivity index (χ1) is 6.84. The van der Waals surface area contributed by atoms with Crippen molar-refractivity contribution in [1.82, 2.24) is 20.4 Å². The van der Waals surface area contributed by atoms with Crippen LogP contribution in [0.1, 0.15) is 0 Å². The number of nitrogens with zero attached hydrogens (tertiary/aromatic N) is 2. The summed E-state index contributed by atoms with van der Waals surface area (Å²) in [5.74, 6) is 0. The van der Waals surface area contributed by atoms with Crippen LogP contribution in [-0.4, -0.2) is 60.3 Å². The van der Waals surface area contributed by atoms with E-state index in [-0.39, 0.29) is 12.1 Å². The minimum absolute atomic E-state index is 0.199. The van der Waals surface area contributed by atoms with E-state index in [4.69, 9.17) is 0 Å². The molecule has 0 atom stereocenters. The SMILES string of the molecule is CN(C)C(=O)NC=C([SiH3])NC(=O)N(C)C. The van der Waals surface area contributed by atoms with Gasteiger partial charge in [-0.15, -0.1) is 0 Å². The van der Waals surface area contributed by atoms with Gasteiger partial charge in [-0.25, -0.2) is 9.59 Å². The van der Waals surface area contributed by atoms with E-state index in [9.17, 15) is 9.59 Å². The maximum atomic E-state index is 11.2. The van der Waals surface area contributed by atoms with Crippen LogP contribution in [0.4, 0.5) is 9.59 Å². The number of nitrogens with one attached hydrogen (secondary N) is 2. The van der Waals surface area contributed by atoms with Gasteiger partial charge in [0.25, 0.3) is 0 Å². The van der Waals surface area contributed by atoms with Gasteiger partial charge in [-0.1, -0.05) is 0 Å². The molecular formula is C8H18N4O2Si. The molecule has 6 nitrogen and oxygen atoms in total. The van der Waals surface area contributed by atoms with Crippen LogP contribution in [0.2, 0.25) is 0 Å². The number of urea groups is 2. The Morgan fingerprint density at radius 1 is 1.07 bits per heavy atom. The van der Waals surface area contributed by atoms with Crippen molar-refractivity contribution in [1.29, 1.82) is 0 Å². The van der Waals surface area contributed by atoms with E-state index in [0.29, 0.717) is 15.6 Å². The van der Waals surface area contributed by atoms with Crippen LogP contribution >= 0.6 is 0 Å². The Kier molecular flexibility index (Phi) is 5.46. The summed E-state index contributed by atoms with van der Waals surface area (Å²) in [6, 6.07) is -0.419. The molecule has 0 aromatic carbocycles. The van der Waals surface area contributed by atoms with Gasteiger partial charge in [0.05, 0.1) is 10.2 Å². The Morgan fingerprint density at radius 3 is 1.93 bits per heavy atom. The molecule has 0 aliphatic rings. The lowest BCUT2D eigenvalue weighted by Gasteiger charge is -2.13. The van der Waals surface area contributed by atoms with Crippen molar-refractivity contribution in [2.24, 2.45) is 0 Å². The molecule has 15 heavy (non-hydrogen) atoms. The zero-order chi connectivity index (χ0) is 12.0. The fourth-order valence-electron chi connectivity index (χ4n) is 0.616. The summed E-state index contributed by atoms with van der Waals surface area (Å²) in [4.78, 5) is 25.2. The molecule has 0 spiro atoms. The smallest absolute Gasteiger partial charge is 0.320 e. The molecule has 0 aliphatic heterocycles. The van der Waals surface area contributed by atoms with Crippen LogP contribution in [0.15, 0.2) is 11.5 Å². The molecule has 0 rings (SSSR count). The second kappa shape index (κ2) is 6.07. The largest absolute Gasteiger partial charge is 0.331 e. The van der Waals surface area contributed by atoms with E-state index in [1.54, 1.807) is 28.2 Å². The van der Waals surface area contributed by atoms with E-state index < -0.39 is 0 Å². The summed E-state index contributed by atoms with van der Waals surface area (Å²) in [6.07, 6.45) is 1.51. The molecule has 0 aromatic rings. The van der Waals surface area contributed by atoms with Crippen LogP contribution in [0.25, 0.3) is 0 Å². The second-order valence-corrected chi connectivity index (χ2v) is 4.57. The van der Waals surface area contributed by atoms with Crippen LogP contribution in [-0.2, 0) is 0 Å². The average molecular weight is 230 g/mol. The van der Waals surface area contributed by atoms with Gasteiger partial charge in [0.2, 0.25) is 0 Å². The third-order valence-corrected chi connectivity index (χ3v) is 2.07. The van der Waals surface area contributed by atoms with Crippen molar-refractivity contribution >= 4 is 22.3 Å². The van der Waals surface area contributed by atoms with Crippen LogP contribution in [0, 0.1) is 0 Å². The predicted octanol–water partition coefficient (Wildman–Crippen LogP) is -1.31. The van der Waals surface area contributed by atoms with E-state index >= 15 is 0 Å². The second-order valence-electron chi connectivity index (χ2n) is 3.50. The summed E-state index contributed by atoms with van der Waals surface area (Å²) < 4.78 is 0. The molecule has 0 aromatic heterocycles. The highest BCUT2D eigenvalue weighted by Crippen LogP contribution is 1.84. The molecule has 7 heteroatoms. The molecule has 4 amide bonds. The minimum atomic E-state index is -0.220. The molecule has 2 N–H and O–H groups in total. The van der Waals surface area contributed by atoms with Crippen molar-refractivity contribution in [2.45, 2.75) is 0 Å². The third-order valence-electron chi connectivity index (χ3n) is 1.53. The van der Waals surface area contributed by atoms with Gasteiger partial charge < -0.3 is 20.4 Å². The molecule has 0 saturated carbocycles. The van der Waals surface area contributed by atoms with E-state index in [1.165, 1.54) is 16.0 Å². The number of carbonyl (C=O) groups is 2. The number of amides is 4. The van der Waals surface area contributed by atoms with Gasteiger partial charge in [-0.05, 0) is 0 Å². The molecule has 0 heterocycles. The summed E-state index contributed by atoms with van der Waals surface area (Å²) in [6.45, 7) is 0. The predicted molar refractivity (Wildman–Crippen MR) is 62.5 cm³/mol. The van der Waals surface area contributed by atoms with Gasteiger partial charge in [0.15, 0.2) is 0 Å². The molecule has 0 saturated heterocycles. The molecule has 0 radical (unpaired) electrons. The first kappa shape index (κ1) is 13.5. The first-order valence-corrected chi connectivity index (χ1v) is 5.47. The van der Waals surface area contributed by atoms with E-state index in [2.05, 4.69) is 10.6 Å². The molecular weight excluding hydrogens is 212 g/mol. The third kappa shape index (κ3) is 5.73. The quantitative estimate of drug-likeness (QED) is 0.579. The highest BCUT2D eigenvalue weighted by molar-refractivity contribution is 6.22. The van der Waals surface area contributed by atoms with Crippen molar-refractivity contribution < 1.29 is 9.59 Å². The maximum Gasteiger partial charge on any atom is 0.320 e. The Bertz CT molecular complexity index is 276. The van der Waals surface area contributed by atoms with Crippen LogP contribution in [0.5, 0.6) is 0 Å². The highest BCUT2D eigenvalue weighted by atomic mass is 28.1. The number of rotatable bonds is 2. The van der Waals surface area contributed by atoms with Crippen molar-refractivity contribution in [3.05, 3.63) is 11.5 Å². The van der Waals surface area contributed by atoms with E-state index in [0.717, 1.165) is 0 Å². The lowest BCUT2D eigenvalue weighted by molar-refractivity contribution is 0.219. The molecule has 0 aliphatic carbocycles. The maximum absolute atomic E-state index is 11.2. The zero-order valence-corrected chi connectivity index (χ0v) is 11.8. The summed E-state index contributed by atoms with van der Waals surface area (Å²) in [5.41, 5.74) is 0. The Labute approximate surface area is 92.7 Å². The summed E-state index contributed by atoms with van der Waals surface area (Å²) in [5, 5.41) is 5.91.